The first-order chi connectivity index (χ1) is 11.0. The summed E-state index contributed by atoms with van der Waals surface area (Å²) in [4.78, 5) is 22.1. The summed E-state index contributed by atoms with van der Waals surface area (Å²) in [6.07, 6.45) is 3.49. The highest BCUT2D eigenvalue weighted by Crippen LogP contribution is 2.27. The predicted octanol–water partition coefficient (Wildman–Crippen LogP) is 2.78. The monoisotopic (exact) mass is 330 g/mol. The van der Waals surface area contributed by atoms with Crippen LogP contribution in [0.25, 0.3) is 0 Å². The number of carbonyl (C=O) groups is 1. The number of nitrogens with two attached hydrogens (primary N) is 1. The van der Waals surface area contributed by atoms with E-state index < -0.39 is 0 Å². The maximum absolute atomic E-state index is 11.5. The molecule has 1 aliphatic heterocycles. The molecule has 3 rings (SSSR count). The smallest absolute Gasteiger partial charge is 0.221 e. The Balaban J connectivity index is 1.91. The Bertz CT molecular complexity index is 737. The molecule has 6 heteroatoms. The molecular formula is C17H19ClN4O. The zero-order valence-corrected chi connectivity index (χ0v) is 13.8. The van der Waals surface area contributed by atoms with Gasteiger partial charge in [0.15, 0.2) is 0 Å². The van der Waals surface area contributed by atoms with Crippen molar-refractivity contribution in [2.45, 2.75) is 26.2 Å². The molecule has 120 valence electrons. The van der Waals surface area contributed by atoms with Crippen LogP contribution < -0.4 is 10.6 Å². The van der Waals surface area contributed by atoms with Crippen molar-refractivity contribution in [1.29, 1.82) is 0 Å². The molecule has 1 fully saturated rings. The van der Waals surface area contributed by atoms with E-state index in [0.29, 0.717) is 38.1 Å². The fourth-order valence-electron chi connectivity index (χ4n) is 2.78. The molecule has 2 heterocycles. The third-order valence-corrected chi connectivity index (χ3v) is 4.42. The van der Waals surface area contributed by atoms with E-state index in [4.69, 9.17) is 17.3 Å². The fraction of sp³-hybridized carbons (Fsp3) is 0.353. The first-order valence-corrected chi connectivity index (χ1v) is 8.04. The molecule has 0 radical (unpaired) electrons. The average molecular weight is 331 g/mol. The van der Waals surface area contributed by atoms with Crippen LogP contribution in [0.5, 0.6) is 0 Å². The lowest BCUT2D eigenvalue weighted by Crippen LogP contribution is -2.35. The number of piperidine rings is 1. The second kappa shape index (κ2) is 6.54. The van der Waals surface area contributed by atoms with Gasteiger partial charge in [-0.2, -0.15) is 4.98 Å². The number of ketones is 1. The van der Waals surface area contributed by atoms with Crippen LogP contribution in [-0.2, 0) is 11.2 Å². The molecule has 1 aromatic heterocycles. The van der Waals surface area contributed by atoms with Crippen molar-refractivity contribution >= 4 is 29.2 Å². The molecule has 0 bridgehead atoms. The number of nitrogens with zero attached hydrogens (tertiary/aromatic N) is 3. The molecule has 2 aromatic rings. The van der Waals surface area contributed by atoms with E-state index in [9.17, 15) is 4.79 Å². The van der Waals surface area contributed by atoms with Crippen molar-refractivity contribution in [1.82, 2.24) is 9.97 Å². The van der Waals surface area contributed by atoms with Gasteiger partial charge in [0, 0.05) is 49.1 Å². The minimum Gasteiger partial charge on any atom is -0.368 e. The van der Waals surface area contributed by atoms with Crippen LogP contribution in [0.2, 0.25) is 5.02 Å². The maximum atomic E-state index is 11.5. The molecule has 0 amide bonds. The van der Waals surface area contributed by atoms with Crippen LogP contribution in [-0.4, -0.2) is 28.8 Å². The van der Waals surface area contributed by atoms with Crippen LogP contribution >= 0.6 is 11.6 Å². The molecule has 1 aromatic carbocycles. The second-order valence-electron chi connectivity index (χ2n) is 5.87. The Kier molecular flexibility index (Phi) is 4.48. The number of nitrogen functional groups attached to an aromatic ring is 1. The lowest BCUT2D eigenvalue weighted by molar-refractivity contribution is -0.119. The number of Topliss-reactive ketones (excluding diaryl/α,β-unsaturated/α-hetero) is 1. The van der Waals surface area contributed by atoms with E-state index in [2.05, 4.69) is 14.9 Å². The van der Waals surface area contributed by atoms with Gasteiger partial charge in [-0.15, -0.1) is 0 Å². The average Bonchev–Trinajstić information content (AvgIpc) is 2.52. The summed E-state index contributed by atoms with van der Waals surface area (Å²) in [5.41, 5.74) is 8.89. The highest BCUT2D eigenvalue weighted by Gasteiger charge is 2.21. The van der Waals surface area contributed by atoms with Gasteiger partial charge in [-0.1, -0.05) is 23.7 Å². The Morgan fingerprint density at radius 3 is 2.70 bits per heavy atom. The van der Waals surface area contributed by atoms with E-state index in [1.807, 2.05) is 25.1 Å². The number of hydrogen-bond acceptors (Lipinski definition) is 5. The van der Waals surface area contributed by atoms with Crippen molar-refractivity contribution in [2.75, 3.05) is 23.7 Å². The quantitative estimate of drug-likeness (QED) is 0.936. The standard InChI is InChI=1S/C17H19ClN4O/c1-11-2-3-12(15(18)8-11)9-13-10-20-17(19)21-16(13)22-6-4-14(23)5-7-22/h2-3,8,10H,4-7,9H2,1H3,(H2,19,20,21). The van der Waals surface area contributed by atoms with Crippen LogP contribution in [0.1, 0.15) is 29.5 Å². The second-order valence-corrected chi connectivity index (χ2v) is 6.28. The molecular weight excluding hydrogens is 312 g/mol. The molecule has 1 aliphatic rings. The predicted molar refractivity (Wildman–Crippen MR) is 91.9 cm³/mol. The largest absolute Gasteiger partial charge is 0.368 e. The number of halogens is 1. The van der Waals surface area contributed by atoms with E-state index in [1.54, 1.807) is 6.20 Å². The summed E-state index contributed by atoms with van der Waals surface area (Å²) in [5, 5.41) is 0.738. The molecule has 0 spiro atoms. The summed E-state index contributed by atoms with van der Waals surface area (Å²) >= 11 is 6.34. The number of rotatable bonds is 3. The molecule has 5 nitrogen and oxygen atoms in total. The first-order valence-electron chi connectivity index (χ1n) is 7.66. The molecule has 0 aliphatic carbocycles. The summed E-state index contributed by atoms with van der Waals surface area (Å²) in [6.45, 7) is 3.35. The Morgan fingerprint density at radius 1 is 1.26 bits per heavy atom. The van der Waals surface area contributed by atoms with E-state index in [-0.39, 0.29) is 5.95 Å². The molecule has 2 N–H and O–H groups in total. The topological polar surface area (TPSA) is 72.1 Å². The van der Waals surface area contributed by atoms with Gasteiger partial charge in [-0.25, -0.2) is 4.98 Å². The van der Waals surface area contributed by atoms with Gasteiger partial charge in [0.25, 0.3) is 0 Å². The highest BCUT2D eigenvalue weighted by molar-refractivity contribution is 6.31. The van der Waals surface area contributed by atoms with Gasteiger partial charge in [0.1, 0.15) is 11.6 Å². The Labute approximate surface area is 140 Å². The molecule has 0 saturated carbocycles. The number of hydrogen-bond donors (Lipinski definition) is 1. The number of carbonyl (C=O) groups excluding carboxylic acids is 1. The summed E-state index contributed by atoms with van der Waals surface area (Å²) in [7, 11) is 0. The minimum absolute atomic E-state index is 0.246. The number of aromatic nitrogens is 2. The molecule has 23 heavy (non-hydrogen) atoms. The van der Waals surface area contributed by atoms with Crippen LogP contribution in [0, 0.1) is 6.92 Å². The summed E-state index contributed by atoms with van der Waals surface area (Å²) in [6, 6.07) is 6.02. The molecule has 0 unspecified atom stereocenters. The van der Waals surface area contributed by atoms with Crippen molar-refractivity contribution in [3.8, 4) is 0 Å². The molecule has 1 saturated heterocycles. The number of anilines is 2. The van der Waals surface area contributed by atoms with Gasteiger partial charge >= 0.3 is 0 Å². The van der Waals surface area contributed by atoms with Gasteiger partial charge in [-0.3, -0.25) is 4.79 Å². The highest BCUT2D eigenvalue weighted by atomic mass is 35.5. The maximum Gasteiger partial charge on any atom is 0.221 e. The molecule has 0 atom stereocenters. The summed E-state index contributed by atoms with van der Waals surface area (Å²) in [5.74, 6) is 1.35. The number of aryl methyl sites for hydroxylation is 1. The van der Waals surface area contributed by atoms with Gasteiger partial charge in [-0.05, 0) is 24.1 Å². The van der Waals surface area contributed by atoms with Crippen molar-refractivity contribution < 1.29 is 4.79 Å². The van der Waals surface area contributed by atoms with Crippen molar-refractivity contribution in [3.63, 3.8) is 0 Å². The third-order valence-electron chi connectivity index (χ3n) is 4.07. The van der Waals surface area contributed by atoms with Gasteiger partial charge in [0.05, 0.1) is 0 Å². The van der Waals surface area contributed by atoms with E-state index >= 15 is 0 Å². The zero-order valence-electron chi connectivity index (χ0n) is 13.1. The lowest BCUT2D eigenvalue weighted by Gasteiger charge is -2.28. The van der Waals surface area contributed by atoms with Crippen LogP contribution in [0.4, 0.5) is 11.8 Å². The Morgan fingerprint density at radius 2 is 2.00 bits per heavy atom. The van der Waals surface area contributed by atoms with E-state index in [1.165, 1.54) is 0 Å². The van der Waals surface area contributed by atoms with Crippen molar-refractivity contribution in [3.05, 3.63) is 46.1 Å². The third kappa shape index (κ3) is 3.62. The SMILES string of the molecule is Cc1ccc(Cc2cnc(N)nc2N2CCC(=O)CC2)c(Cl)c1. The van der Waals surface area contributed by atoms with Gasteiger partial charge < -0.3 is 10.6 Å². The van der Waals surface area contributed by atoms with Crippen LogP contribution in [0.3, 0.4) is 0 Å². The normalized spacial score (nSPS) is 15.0. The zero-order chi connectivity index (χ0) is 16.4. The summed E-state index contributed by atoms with van der Waals surface area (Å²) < 4.78 is 0. The first kappa shape index (κ1) is 15.7. The Hall–Kier alpha value is -2.14. The van der Waals surface area contributed by atoms with Gasteiger partial charge in [0.2, 0.25) is 5.95 Å². The minimum atomic E-state index is 0.246. The number of benzene rings is 1. The fourth-order valence-corrected chi connectivity index (χ4v) is 3.08. The van der Waals surface area contributed by atoms with Crippen molar-refractivity contribution in [2.24, 2.45) is 0 Å². The van der Waals surface area contributed by atoms with Crippen LogP contribution in [0.15, 0.2) is 24.4 Å². The lowest BCUT2D eigenvalue weighted by atomic mass is 10.0. The van der Waals surface area contributed by atoms with E-state index in [0.717, 1.165) is 27.5 Å².